The molecule has 3 rings (SSSR count). The second-order valence-electron chi connectivity index (χ2n) is 4.82. The van der Waals surface area contributed by atoms with Gasteiger partial charge in [-0.3, -0.25) is 0 Å². The highest BCUT2D eigenvalue weighted by Gasteiger charge is 2.13. The van der Waals surface area contributed by atoms with Crippen molar-refractivity contribution >= 4 is 11.8 Å². The van der Waals surface area contributed by atoms with E-state index in [1.165, 1.54) is 0 Å². The quantitative estimate of drug-likeness (QED) is 0.771. The predicted molar refractivity (Wildman–Crippen MR) is 85.5 cm³/mol. The summed E-state index contributed by atoms with van der Waals surface area (Å²) < 4.78 is 0. The number of anilines is 2. The number of nitrogens with two attached hydrogens (primary N) is 2. The highest BCUT2D eigenvalue weighted by molar-refractivity contribution is 5.69. The Balaban J connectivity index is 2.11. The third kappa shape index (κ3) is 2.84. The van der Waals surface area contributed by atoms with E-state index in [0.29, 0.717) is 12.2 Å². The van der Waals surface area contributed by atoms with Crippen molar-refractivity contribution in [3.8, 4) is 11.3 Å². The zero-order valence-corrected chi connectivity index (χ0v) is 11.5. The van der Waals surface area contributed by atoms with Gasteiger partial charge in [0.25, 0.3) is 0 Å². The maximum Gasteiger partial charge on any atom is 0.222 e. The molecule has 1 heterocycles. The molecule has 0 bridgehead atoms. The van der Waals surface area contributed by atoms with Gasteiger partial charge < -0.3 is 11.5 Å². The number of rotatable bonds is 3. The topological polar surface area (TPSA) is 77.8 Å². The van der Waals surface area contributed by atoms with Crippen LogP contribution in [-0.2, 0) is 6.42 Å². The smallest absolute Gasteiger partial charge is 0.222 e. The average molecular weight is 276 g/mol. The molecular weight excluding hydrogens is 260 g/mol. The molecule has 4 N–H and O–H groups in total. The van der Waals surface area contributed by atoms with Gasteiger partial charge >= 0.3 is 0 Å². The highest BCUT2D eigenvalue weighted by Crippen LogP contribution is 2.27. The van der Waals surface area contributed by atoms with Crippen LogP contribution in [0.2, 0.25) is 0 Å². The summed E-state index contributed by atoms with van der Waals surface area (Å²) in [4.78, 5) is 8.49. The lowest BCUT2D eigenvalue weighted by Crippen LogP contribution is -2.07. The van der Waals surface area contributed by atoms with Gasteiger partial charge in [0.15, 0.2) is 0 Å². The Labute approximate surface area is 123 Å². The molecule has 2 aromatic carbocycles. The van der Waals surface area contributed by atoms with Gasteiger partial charge in [0, 0.05) is 17.5 Å². The first-order chi connectivity index (χ1) is 10.2. The molecule has 4 heteroatoms. The summed E-state index contributed by atoms with van der Waals surface area (Å²) in [5, 5.41) is 0. The fourth-order valence-corrected chi connectivity index (χ4v) is 2.33. The second kappa shape index (κ2) is 5.63. The third-order valence-electron chi connectivity index (χ3n) is 3.33. The van der Waals surface area contributed by atoms with Crippen molar-refractivity contribution in [1.82, 2.24) is 9.97 Å². The van der Waals surface area contributed by atoms with Crippen molar-refractivity contribution in [1.29, 1.82) is 0 Å². The Morgan fingerprint density at radius 2 is 1.38 bits per heavy atom. The SMILES string of the molecule is Nc1nc(N)c(Cc2ccccc2)c(-c2ccccc2)n1. The van der Waals surface area contributed by atoms with Crippen molar-refractivity contribution in [3.63, 3.8) is 0 Å². The molecule has 0 aliphatic heterocycles. The molecule has 0 aliphatic rings. The molecule has 0 saturated heterocycles. The monoisotopic (exact) mass is 276 g/mol. The molecule has 0 radical (unpaired) electrons. The number of hydrogen-bond donors (Lipinski definition) is 2. The molecule has 0 saturated carbocycles. The van der Waals surface area contributed by atoms with Crippen LogP contribution in [0.15, 0.2) is 60.7 Å². The van der Waals surface area contributed by atoms with Crippen LogP contribution in [0, 0.1) is 0 Å². The molecule has 0 atom stereocenters. The minimum absolute atomic E-state index is 0.197. The number of benzene rings is 2. The molecule has 21 heavy (non-hydrogen) atoms. The van der Waals surface area contributed by atoms with Crippen molar-refractivity contribution in [2.24, 2.45) is 0 Å². The Hall–Kier alpha value is -2.88. The van der Waals surface area contributed by atoms with Crippen LogP contribution in [-0.4, -0.2) is 9.97 Å². The first-order valence-corrected chi connectivity index (χ1v) is 6.75. The first kappa shape index (κ1) is 13.1. The van der Waals surface area contributed by atoms with Gasteiger partial charge in [0.2, 0.25) is 5.95 Å². The number of hydrogen-bond acceptors (Lipinski definition) is 4. The molecule has 1 aromatic heterocycles. The van der Waals surface area contributed by atoms with Gasteiger partial charge in [-0.05, 0) is 5.56 Å². The van der Waals surface area contributed by atoms with Gasteiger partial charge in [-0.2, -0.15) is 4.98 Å². The van der Waals surface area contributed by atoms with Gasteiger partial charge in [-0.25, -0.2) is 4.98 Å². The summed E-state index contributed by atoms with van der Waals surface area (Å²) in [5.74, 6) is 0.633. The van der Waals surface area contributed by atoms with Crippen molar-refractivity contribution < 1.29 is 0 Å². The number of nitrogens with zero attached hydrogens (tertiary/aromatic N) is 2. The number of aromatic nitrogens is 2. The molecule has 0 spiro atoms. The summed E-state index contributed by atoms with van der Waals surface area (Å²) in [6.07, 6.45) is 0.678. The summed E-state index contributed by atoms with van der Waals surface area (Å²) in [5.41, 5.74) is 15.7. The van der Waals surface area contributed by atoms with E-state index >= 15 is 0 Å². The maximum atomic E-state index is 6.08. The largest absolute Gasteiger partial charge is 0.383 e. The Bertz CT molecular complexity index is 739. The molecule has 0 aliphatic carbocycles. The molecule has 0 fully saturated rings. The molecule has 104 valence electrons. The standard InChI is InChI=1S/C17H16N4/c18-16-14(11-12-7-3-1-4-8-12)15(20-17(19)21-16)13-9-5-2-6-10-13/h1-10H,11H2,(H4,18,19,20,21). The van der Waals surface area contributed by atoms with Crippen molar-refractivity contribution in [3.05, 3.63) is 71.8 Å². The normalized spacial score (nSPS) is 10.5. The number of nitrogen functional groups attached to an aromatic ring is 2. The van der Waals surface area contributed by atoms with Crippen molar-refractivity contribution in [2.45, 2.75) is 6.42 Å². The fourth-order valence-electron chi connectivity index (χ4n) is 2.33. The van der Waals surface area contributed by atoms with E-state index in [1.807, 2.05) is 48.5 Å². The fraction of sp³-hybridized carbons (Fsp3) is 0.0588. The van der Waals surface area contributed by atoms with Gasteiger partial charge in [0.05, 0.1) is 5.69 Å². The lowest BCUT2D eigenvalue weighted by molar-refractivity contribution is 1.10. The summed E-state index contributed by atoms with van der Waals surface area (Å²) >= 11 is 0. The lowest BCUT2D eigenvalue weighted by atomic mass is 10.00. The Morgan fingerprint density at radius 3 is 2.05 bits per heavy atom. The molecule has 0 unspecified atom stereocenters. The van der Waals surface area contributed by atoms with E-state index in [4.69, 9.17) is 11.5 Å². The lowest BCUT2D eigenvalue weighted by Gasteiger charge is -2.12. The third-order valence-corrected chi connectivity index (χ3v) is 3.33. The maximum absolute atomic E-state index is 6.08. The van der Waals surface area contributed by atoms with Crippen molar-refractivity contribution in [2.75, 3.05) is 11.5 Å². The summed E-state index contributed by atoms with van der Waals surface area (Å²) in [6.45, 7) is 0. The van der Waals surface area contributed by atoms with Crippen LogP contribution in [0.25, 0.3) is 11.3 Å². The zero-order valence-electron chi connectivity index (χ0n) is 11.5. The molecule has 3 aromatic rings. The highest BCUT2D eigenvalue weighted by atomic mass is 15.0. The summed E-state index contributed by atoms with van der Waals surface area (Å²) in [6, 6.07) is 20.0. The van der Waals surface area contributed by atoms with Gasteiger partial charge in [-0.1, -0.05) is 60.7 Å². The molecule has 4 nitrogen and oxygen atoms in total. The van der Waals surface area contributed by atoms with E-state index in [1.54, 1.807) is 0 Å². The first-order valence-electron chi connectivity index (χ1n) is 6.75. The molecule has 0 amide bonds. The van der Waals surface area contributed by atoms with Crippen LogP contribution in [0.5, 0.6) is 0 Å². The predicted octanol–water partition coefficient (Wildman–Crippen LogP) is 2.90. The summed E-state index contributed by atoms with van der Waals surface area (Å²) in [7, 11) is 0. The van der Waals surface area contributed by atoms with Crippen LogP contribution in [0.3, 0.4) is 0 Å². The van der Waals surface area contributed by atoms with E-state index in [2.05, 4.69) is 22.1 Å². The minimum Gasteiger partial charge on any atom is -0.383 e. The van der Waals surface area contributed by atoms with E-state index in [0.717, 1.165) is 22.4 Å². The Kier molecular flexibility index (Phi) is 3.51. The van der Waals surface area contributed by atoms with E-state index in [-0.39, 0.29) is 5.95 Å². The van der Waals surface area contributed by atoms with Crippen LogP contribution >= 0.6 is 0 Å². The van der Waals surface area contributed by atoms with Crippen LogP contribution < -0.4 is 11.5 Å². The second-order valence-corrected chi connectivity index (χ2v) is 4.82. The van der Waals surface area contributed by atoms with Gasteiger partial charge in [-0.15, -0.1) is 0 Å². The Morgan fingerprint density at radius 1 is 0.762 bits per heavy atom. The van der Waals surface area contributed by atoms with Crippen LogP contribution in [0.1, 0.15) is 11.1 Å². The van der Waals surface area contributed by atoms with Crippen LogP contribution in [0.4, 0.5) is 11.8 Å². The average Bonchev–Trinajstić information content (AvgIpc) is 2.51. The zero-order chi connectivity index (χ0) is 14.7. The molecular formula is C17H16N4. The van der Waals surface area contributed by atoms with Gasteiger partial charge in [0.1, 0.15) is 5.82 Å². The minimum atomic E-state index is 0.197. The van der Waals surface area contributed by atoms with E-state index in [9.17, 15) is 0 Å². The van der Waals surface area contributed by atoms with E-state index < -0.39 is 0 Å².